The van der Waals surface area contributed by atoms with Crippen molar-refractivity contribution in [3.63, 3.8) is 0 Å². The quantitative estimate of drug-likeness (QED) is 0.892. The lowest BCUT2D eigenvalue weighted by Gasteiger charge is -2.25. The first kappa shape index (κ1) is 14.6. The summed E-state index contributed by atoms with van der Waals surface area (Å²) in [7, 11) is 0. The van der Waals surface area contributed by atoms with E-state index in [0.717, 1.165) is 35.7 Å². The van der Waals surface area contributed by atoms with Gasteiger partial charge in [0.15, 0.2) is 0 Å². The highest BCUT2D eigenvalue weighted by atomic mass is 16.5. The van der Waals surface area contributed by atoms with Crippen LogP contribution in [0.2, 0.25) is 0 Å². The number of nitrogens with one attached hydrogen (secondary N) is 2. The SMILES string of the molecule is Cc1cccc(Oc2ccccc2CNC(=O)C2CNC2)c1. The van der Waals surface area contributed by atoms with Gasteiger partial charge in [-0.2, -0.15) is 0 Å². The van der Waals surface area contributed by atoms with Gasteiger partial charge in [0, 0.05) is 25.2 Å². The highest BCUT2D eigenvalue weighted by molar-refractivity contribution is 5.80. The van der Waals surface area contributed by atoms with Crippen molar-refractivity contribution in [3.05, 3.63) is 59.7 Å². The van der Waals surface area contributed by atoms with E-state index in [9.17, 15) is 4.79 Å². The number of ether oxygens (including phenoxy) is 1. The summed E-state index contributed by atoms with van der Waals surface area (Å²) in [6.07, 6.45) is 0. The third-order valence-corrected chi connectivity index (χ3v) is 3.80. The van der Waals surface area contributed by atoms with Crippen molar-refractivity contribution in [1.82, 2.24) is 10.6 Å². The average molecular weight is 296 g/mol. The molecule has 4 nitrogen and oxygen atoms in total. The van der Waals surface area contributed by atoms with Gasteiger partial charge in [-0.05, 0) is 30.7 Å². The van der Waals surface area contributed by atoms with Crippen LogP contribution in [0.15, 0.2) is 48.5 Å². The van der Waals surface area contributed by atoms with Crippen molar-refractivity contribution < 1.29 is 9.53 Å². The molecule has 2 aromatic rings. The van der Waals surface area contributed by atoms with Gasteiger partial charge < -0.3 is 15.4 Å². The van der Waals surface area contributed by atoms with Crippen LogP contribution in [-0.2, 0) is 11.3 Å². The molecular weight excluding hydrogens is 276 g/mol. The smallest absolute Gasteiger partial charge is 0.225 e. The second-order valence-electron chi connectivity index (χ2n) is 5.60. The van der Waals surface area contributed by atoms with Crippen LogP contribution >= 0.6 is 0 Å². The maximum absolute atomic E-state index is 11.9. The predicted octanol–water partition coefficient (Wildman–Crippen LogP) is 2.62. The Bertz CT molecular complexity index is 666. The zero-order chi connectivity index (χ0) is 15.4. The summed E-state index contributed by atoms with van der Waals surface area (Å²) < 4.78 is 5.96. The normalized spacial score (nSPS) is 14.2. The minimum Gasteiger partial charge on any atom is -0.457 e. The fourth-order valence-electron chi connectivity index (χ4n) is 2.36. The highest BCUT2D eigenvalue weighted by Gasteiger charge is 2.24. The molecule has 1 fully saturated rings. The average Bonchev–Trinajstić information content (AvgIpc) is 2.44. The minimum absolute atomic E-state index is 0.101. The van der Waals surface area contributed by atoms with Gasteiger partial charge in [-0.15, -0.1) is 0 Å². The van der Waals surface area contributed by atoms with E-state index in [4.69, 9.17) is 4.74 Å². The van der Waals surface area contributed by atoms with E-state index in [1.54, 1.807) is 0 Å². The van der Waals surface area contributed by atoms with Crippen LogP contribution in [0.25, 0.3) is 0 Å². The minimum atomic E-state index is 0.101. The van der Waals surface area contributed by atoms with Gasteiger partial charge in [-0.25, -0.2) is 0 Å². The number of hydrogen-bond donors (Lipinski definition) is 2. The van der Waals surface area contributed by atoms with Crippen LogP contribution in [-0.4, -0.2) is 19.0 Å². The Morgan fingerprint density at radius 2 is 2.05 bits per heavy atom. The molecule has 0 saturated carbocycles. The first-order valence-corrected chi connectivity index (χ1v) is 7.53. The van der Waals surface area contributed by atoms with Crippen molar-refractivity contribution >= 4 is 5.91 Å². The summed E-state index contributed by atoms with van der Waals surface area (Å²) >= 11 is 0. The largest absolute Gasteiger partial charge is 0.457 e. The van der Waals surface area contributed by atoms with Crippen molar-refractivity contribution in [3.8, 4) is 11.5 Å². The number of rotatable bonds is 5. The lowest BCUT2D eigenvalue weighted by atomic mass is 10.0. The molecule has 0 spiro atoms. The zero-order valence-corrected chi connectivity index (χ0v) is 12.6. The number of amides is 1. The Balaban J connectivity index is 1.68. The van der Waals surface area contributed by atoms with Crippen LogP contribution in [0.4, 0.5) is 0 Å². The summed E-state index contributed by atoms with van der Waals surface area (Å²) in [4.78, 5) is 11.9. The first-order chi connectivity index (χ1) is 10.7. The van der Waals surface area contributed by atoms with Crippen LogP contribution in [0, 0.1) is 12.8 Å². The zero-order valence-electron chi connectivity index (χ0n) is 12.6. The molecule has 1 aliphatic heterocycles. The fraction of sp³-hybridized carbons (Fsp3) is 0.278. The predicted molar refractivity (Wildman–Crippen MR) is 85.9 cm³/mol. The van der Waals surface area contributed by atoms with E-state index in [1.165, 1.54) is 0 Å². The van der Waals surface area contributed by atoms with E-state index in [2.05, 4.69) is 10.6 Å². The Hall–Kier alpha value is -2.33. The van der Waals surface area contributed by atoms with Gasteiger partial charge in [-0.1, -0.05) is 30.3 Å². The van der Waals surface area contributed by atoms with Gasteiger partial charge in [0.2, 0.25) is 5.91 Å². The molecule has 1 aliphatic rings. The molecule has 0 atom stereocenters. The van der Waals surface area contributed by atoms with Crippen molar-refractivity contribution in [1.29, 1.82) is 0 Å². The van der Waals surface area contributed by atoms with Gasteiger partial charge in [0.25, 0.3) is 0 Å². The van der Waals surface area contributed by atoms with Crippen molar-refractivity contribution in [2.24, 2.45) is 5.92 Å². The molecular formula is C18H20N2O2. The Labute approximate surface area is 130 Å². The topological polar surface area (TPSA) is 50.4 Å². The number of hydrogen-bond acceptors (Lipinski definition) is 3. The number of benzene rings is 2. The monoisotopic (exact) mass is 296 g/mol. The summed E-state index contributed by atoms with van der Waals surface area (Å²) in [5.74, 6) is 1.79. The molecule has 1 heterocycles. The third-order valence-electron chi connectivity index (χ3n) is 3.80. The van der Waals surface area contributed by atoms with Crippen LogP contribution < -0.4 is 15.4 Å². The van der Waals surface area contributed by atoms with Crippen molar-refractivity contribution in [2.45, 2.75) is 13.5 Å². The number of aryl methyl sites for hydroxylation is 1. The van der Waals surface area contributed by atoms with Crippen LogP contribution in [0.1, 0.15) is 11.1 Å². The second-order valence-corrected chi connectivity index (χ2v) is 5.60. The van der Waals surface area contributed by atoms with E-state index in [-0.39, 0.29) is 11.8 Å². The maximum Gasteiger partial charge on any atom is 0.225 e. The Kier molecular flexibility index (Phi) is 4.39. The summed E-state index contributed by atoms with van der Waals surface area (Å²) in [5.41, 5.74) is 2.13. The molecule has 0 unspecified atom stereocenters. The van der Waals surface area contributed by atoms with Gasteiger partial charge >= 0.3 is 0 Å². The Morgan fingerprint density at radius 3 is 2.77 bits per heavy atom. The summed E-state index contributed by atoms with van der Waals surface area (Å²) in [5, 5.41) is 6.08. The molecule has 1 saturated heterocycles. The molecule has 0 bridgehead atoms. The number of carbonyl (C=O) groups excluding carboxylic acids is 1. The maximum atomic E-state index is 11.9. The second kappa shape index (κ2) is 6.62. The van der Waals surface area contributed by atoms with E-state index >= 15 is 0 Å². The molecule has 0 radical (unpaired) electrons. The van der Waals surface area contributed by atoms with Gasteiger partial charge in [0.1, 0.15) is 11.5 Å². The lowest BCUT2D eigenvalue weighted by molar-refractivity contribution is -0.126. The highest BCUT2D eigenvalue weighted by Crippen LogP contribution is 2.25. The number of para-hydroxylation sites is 1. The third kappa shape index (κ3) is 3.46. The molecule has 114 valence electrons. The van der Waals surface area contributed by atoms with Crippen LogP contribution in [0.5, 0.6) is 11.5 Å². The van der Waals surface area contributed by atoms with Gasteiger partial charge in [-0.3, -0.25) is 4.79 Å². The Morgan fingerprint density at radius 1 is 1.23 bits per heavy atom. The molecule has 4 heteroatoms. The van der Waals surface area contributed by atoms with E-state index in [0.29, 0.717) is 6.54 Å². The lowest BCUT2D eigenvalue weighted by Crippen LogP contribution is -2.50. The van der Waals surface area contributed by atoms with Gasteiger partial charge in [0.05, 0.1) is 5.92 Å². The molecule has 2 N–H and O–H groups in total. The molecule has 22 heavy (non-hydrogen) atoms. The molecule has 3 rings (SSSR count). The molecule has 1 amide bonds. The van der Waals surface area contributed by atoms with E-state index in [1.807, 2.05) is 55.5 Å². The van der Waals surface area contributed by atoms with Crippen LogP contribution in [0.3, 0.4) is 0 Å². The first-order valence-electron chi connectivity index (χ1n) is 7.53. The summed E-state index contributed by atoms with van der Waals surface area (Å²) in [6, 6.07) is 15.7. The van der Waals surface area contributed by atoms with E-state index < -0.39 is 0 Å². The molecule has 2 aromatic carbocycles. The summed E-state index contributed by atoms with van der Waals surface area (Å²) in [6.45, 7) is 4.06. The molecule has 0 aromatic heterocycles. The number of carbonyl (C=O) groups is 1. The molecule has 0 aliphatic carbocycles. The standard InChI is InChI=1S/C18H20N2O2/c1-13-5-4-7-16(9-13)22-17-8-3-2-6-14(17)12-20-18(21)15-10-19-11-15/h2-9,15,19H,10-12H2,1H3,(H,20,21). The van der Waals surface area contributed by atoms with Crippen molar-refractivity contribution in [2.75, 3.05) is 13.1 Å². The fourth-order valence-corrected chi connectivity index (χ4v) is 2.36.